The van der Waals surface area contributed by atoms with Crippen LogP contribution in [0.3, 0.4) is 0 Å². The largest absolute Gasteiger partial charge is 0.497 e. The quantitative estimate of drug-likeness (QED) is 0.882. The number of methoxy groups -OCH3 is 1. The van der Waals surface area contributed by atoms with Crippen molar-refractivity contribution in [3.05, 3.63) is 29.6 Å². The highest BCUT2D eigenvalue weighted by Gasteiger charge is 2.16. The number of urea groups is 1. The van der Waals surface area contributed by atoms with Crippen molar-refractivity contribution in [3.8, 4) is 17.0 Å². The predicted molar refractivity (Wildman–Crippen MR) is 90.1 cm³/mol. The topological polar surface area (TPSA) is 72.5 Å². The second-order valence-corrected chi connectivity index (χ2v) is 6.09. The molecule has 122 valence electrons. The summed E-state index contributed by atoms with van der Waals surface area (Å²) >= 11 is 1.40. The van der Waals surface area contributed by atoms with Gasteiger partial charge in [-0.05, 0) is 37.1 Å². The number of nitrogens with one attached hydrogen (secondary N) is 2. The van der Waals surface area contributed by atoms with Crippen LogP contribution in [0.4, 0.5) is 9.93 Å². The molecular weight excluding hydrogens is 314 g/mol. The van der Waals surface area contributed by atoms with Gasteiger partial charge in [-0.3, -0.25) is 5.32 Å². The second kappa shape index (κ2) is 7.43. The van der Waals surface area contributed by atoms with Crippen molar-refractivity contribution in [1.29, 1.82) is 0 Å². The molecule has 0 bridgehead atoms. The highest BCUT2D eigenvalue weighted by atomic mass is 32.1. The third-order valence-corrected chi connectivity index (χ3v) is 4.38. The van der Waals surface area contributed by atoms with Crippen molar-refractivity contribution in [1.82, 2.24) is 10.3 Å². The van der Waals surface area contributed by atoms with Crippen LogP contribution < -0.4 is 15.4 Å². The SMILES string of the molecule is COc1ccc(-c2csc(NC(=O)NC[C@@H]3CCCO3)n2)cc1. The molecule has 1 saturated heterocycles. The summed E-state index contributed by atoms with van der Waals surface area (Å²) in [6.45, 7) is 1.31. The van der Waals surface area contributed by atoms with E-state index in [4.69, 9.17) is 9.47 Å². The van der Waals surface area contributed by atoms with Crippen molar-refractivity contribution < 1.29 is 14.3 Å². The minimum Gasteiger partial charge on any atom is -0.497 e. The lowest BCUT2D eigenvalue weighted by molar-refractivity contribution is 0.112. The van der Waals surface area contributed by atoms with Gasteiger partial charge in [-0.25, -0.2) is 9.78 Å². The number of benzene rings is 1. The van der Waals surface area contributed by atoms with Gasteiger partial charge in [-0.2, -0.15) is 0 Å². The zero-order valence-corrected chi connectivity index (χ0v) is 13.7. The maximum atomic E-state index is 11.9. The summed E-state index contributed by atoms with van der Waals surface area (Å²) in [6.07, 6.45) is 2.19. The summed E-state index contributed by atoms with van der Waals surface area (Å²) < 4.78 is 10.6. The first kappa shape index (κ1) is 15.8. The van der Waals surface area contributed by atoms with Crippen LogP contribution in [-0.2, 0) is 4.74 Å². The molecule has 2 heterocycles. The second-order valence-electron chi connectivity index (χ2n) is 5.24. The molecule has 3 rings (SSSR count). The number of hydrogen-bond donors (Lipinski definition) is 2. The maximum Gasteiger partial charge on any atom is 0.321 e. The lowest BCUT2D eigenvalue weighted by atomic mass is 10.2. The first-order chi connectivity index (χ1) is 11.2. The molecule has 1 aliphatic heterocycles. The molecule has 2 amide bonds. The molecule has 1 aliphatic rings. The Morgan fingerprint density at radius 2 is 2.26 bits per heavy atom. The molecule has 2 N–H and O–H groups in total. The Morgan fingerprint density at radius 1 is 1.43 bits per heavy atom. The predicted octanol–water partition coefficient (Wildman–Crippen LogP) is 3.12. The zero-order valence-electron chi connectivity index (χ0n) is 12.9. The number of aromatic nitrogens is 1. The van der Waals surface area contributed by atoms with Crippen molar-refractivity contribution in [2.45, 2.75) is 18.9 Å². The van der Waals surface area contributed by atoms with Crippen LogP contribution in [-0.4, -0.2) is 37.4 Å². The highest BCUT2D eigenvalue weighted by molar-refractivity contribution is 7.14. The van der Waals surface area contributed by atoms with Gasteiger partial charge in [0.25, 0.3) is 0 Å². The van der Waals surface area contributed by atoms with Crippen LogP contribution in [0, 0.1) is 0 Å². The number of carbonyl (C=O) groups is 1. The molecule has 1 fully saturated rings. The van der Waals surface area contributed by atoms with Crippen LogP contribution in [0.15, 0.2) is 29.6 Å². The fraction of sp³-hybridized carbons (Fsp3) is 0.375. The lowest BCUT2D eigenvalue weighted by Gasteiger charge is -2.10. The maximum absolute atomic E-state index is 11.9. The Hall–Kier alpha value is -2.12. The van der Waals surface area contributed by atoms with E-state index in [0.29, 0.717) is 11.7 Å². The Balaban J connectivity index is 1.54. The Labute approximate surface area is 138 Å². The van der Waals surface area contributed by atoms with Crippen molar-refractivity contribution in [3.63, 3.8) is 0 Å². The van der Waals surface area contributed by atoms with E-state index in [0.717, 1.165) is 36.5 Å². The highest BCUT2D eigenvalue weighted by Crippen LogP contribution is 2.26. The first-order valence-corrected chi connectivity index (χ1v) is 8.39. The van der Waals surface area contributed by atoms with E-state index in [9.17, 15) is 4.79 Å². The Kier molecular flexibility index (Phi) is 5.09. The molecule has 7 heteroatoms. The molecule has 0 radical (unpaired) electrons. The number of amides is 2. The zero-order chi connectivity index (χ0) is 16.1. The summed E-state index contributed by atoms with van der Waals surface area (Å²) in [4.78, 5) is 16.3. The van der Waals surface area contributed by atoms with Crippen LogP contribution in [0.2, 0.25) is 0 Å². The van der Waals surface area contributed by atoms with Crippen molar-refractivity contribution >= 4 is 22.5 Å². The minimum absolute atomic E-state index is 0.131. The number of carbonyl (C=O) groups excluding carboxylic acids is 1. The standard InChI is InChI=1S/C16H19N3O3S/c1-21-12-6-4-11(5-7-12)14-10-23-16(18-14)19-15(20)17-9-13-3-2-8-22-13/h4-7,10,13H,2-3,8-9H2,1H3,(H2,17,18,19,20)/t13-/m0/s1. The molecular formula is C16H19N3O3S. The van der Waals surface area contributed by atoms with E-state index in [1.807, 2.05) is 29.6 Å². The molecule has 6 nitrogen and oxygen atoms in total. The summed E-state index contributed by atoms with van der Waals surface area (Å²) in [5.74, 6) is 0.802. The molecule has 0 spiro atoms. The molecule has 0 saturated carbocycles. The number of nitrogens with zero attached hydrogens (tertiary/aromatic N) is 1. The number of ether oxygens (including phenoxy) is 2. The number of hydrogen-bond acceptors (Lipinski definition) is 5. The molecule has 23 heavy (non-hydrogen) atoms. The van der Waals surface area contributed by atoms with E-state index in [2.05, 4.69) is 15.6 Å². The van der Waals surface area contributed by atoms with Crippen LogP contribution in [0.25, 0.3) is 11.3 Å². The Morgan fingerprint density at radius 3 is 2.96 bits per heavy atom. The van der Waals surface area contributed by atoms with Gasteiger partial charge in [-0.15, -0.1) is 11.3 Å². The monoisotopic (exact) mass is 333 g/mol. The normalized spacial score (nSPS) is 17.0. The van der Waals surface area contributed by atoms with Gasteiger partial charge in [0.2, 0.25) is 0 Å². The van der Waals surface area contributed by atoms with E-state index in [1.54, 1.807) is 7.11 Å². The van der Waals surface area contributed by atoms with Crippen LogP contribution >= 0.6 is 11.3 Å². The third-order valence-electron chi connectivity index (χ3n) is 3.62. The van der Waals surface area contributed by atoms with Crippen LogP contribution in [0.1, 0.15) is 12.8 Å². The fourth-order valence-corrected chi connectivity index (χ4v) is 3.09. The molecule has 1 aromatic carbocycles. The van der Waals surface area contributed by atoms with E-state index < -0.39 is 0 Å². The van der Waals surface area contributed by atoms with Gasteiger partial charge in [0, 0.05) is 24.1 Å². The summed E-state index contributed by atoms with van der Waals surface area (Å²) in [6, 6.07) is 7.40. The average molecular weight is 333 g/mol. The lowest BCUT2D eigenvalue weighted by Crippen LogP contribution is -2.34. The molecule has 2 aromatic rings. The van der Waals surface area contributed by atoms with Gasteiger partial charge in [0.1, 0.15) is 5.75 Å². The molecule has 0 unspecified atom stereocenters. The number of rotatable bonds is 5. The smallest absolute Gasteiger partial charge is 0.321 e. The van der Waals surface area contributed by atoms with Gasteiger partial charge in [0.05, 0.1) is 18.9 Å². The Bertz CT molecular complexity index is 651. The van der Waals surface area contributed by atoms with Crippen LogP contribution in [0.5, 0.6) is 5.75 Å². The number of thiazole rings is 1. The fourth-order valence-electron chi connectivity index (χ4n) is 2.38. The van der Waals surface area contributed by atoms with E-state index in [1.165, 1.54) is 11.3 Å². The summed E-state index contributed by atoms with van der Waals surface area (Å²) in [5.41, 5.74) is 1.81. The molecule has 1 aromatic heterocycles. The van der Waals surface area contributed by atoms with Gasteiger partial charge < -0.3 is 14.8 Å². The minimum atomic E-state index is -0.254. The van der Waals surface area contributed by atoms with Gasteiger partial charge >= 0.3 is 6.03 Å². The number of anilines is 1. The van der Waals surface area contributed by atoms with Crippen molar-refractivity contribution in [2.24, 2.45) is 0 Å². The van der Waals surface area contributed by atoms with Gasteiger partial charge in [-0.1, -0.05) is 0 Å². The van der Waals surface area contributed by atoms with E-state index in [-0.39, 0.29) is 12.1 Å². The van der Waals surface area contributed by atoms with Crippen molar-refractivity contribution in [2.75, 3.05) is 25.6 Å². The third kappa shape index (κ3) is 4.20. The first-order valence-electron chi connectivity index (χ1n) is 7.51. The van der Waals surface area contributed by atoms with Gasteiger partial charge in [0.15, 0.2) is 5.13 Å². The van der Waals surface area contributed by atoms with E-state index >= 15 is 0 Å². The summed E-state index contributed by atoms with van der Waals surface area (Å²) in [5, 5.41) is 8.05. The molecule has 0 aliphatic carbocycles. The molecule has 1 atom stereocenters. The average Bonchev–Trinajstić information content (AvgIpc) is 3.25. The summed E-state index contributed by atoms with van der Waals surface area (Å²) in [7, 11) is 1.63.